The van der Waals surface area contributed by atoms with E-state index in [0.717, 1.165) is 21.5 Å². The molecule has 0 aliphatic heterocycles. The Morgan fingerprint density at radius 3 is 2.93 bits per heavy atom. The van der Waals surface area contributed by atoms with Crippen LogP contribution in [0.25, 0.3) is 10.9 Å². The summed E-state index contributed by atoms with van der Waals surface area (Å²) >= 11 is 5.96. The van der Waals surface area contributed by atoms with Crippen LogP contribution in [-0.2, 0) is 11.3 Å². The quantitative estimate of drug-likeness (QED) is 0.843. The number of halogens is 1. The molecule has 2 rings (SSSR count). The largest absolute Gasteiger partial charge is 0.374 e. The highest BCUT2D eigenvalue weighted by molar-refractivity contribution is 6.31. The molecular formula is C12H14ClNO. The van der Waals surface area contributed by atoms with Crippen molar-refractivity contribution in [2.45, 2.75) is 26.6 Å². The van der Waals surface area contributed by atoms with Gasteiger partial charge in [-0.2, -0.15) is 0 Å². The highest BCUT2D eigenvalue weighted by Gasteiger charge is 2.05. The van der Waals surface area contributed by atoms with Crippen LogP contribution in [0.1, 0.15) is 19.4 Å². The molecule has 3 heteroatoms. The Balaban J connectivity index is 2.31. The molecule has 0 aliphatic carbocycles. The molecule has 0 unspecified atom stereocenters. The van der Waals surface area contributed by atoms with Crippen LogP contribution >= 0.6 is 11.6 Å². The number of benzene rings is 1. The lowest BCUT2D eigenvalue weighted by molar-refractivity contribution is 0.0664. The fraction of sp³-hybridized carbons (Fsp3) is 0.333. The van der Waals surface area contributed by atoms with Crippen LogP contribution in [0.3, 0.4) is 0 Å². The van der Waals surface area contributed by atoms with E-state index >= 15 is 0 Å². The minimum Gasteiger partial charge on any atom is -0.374 e. The van der Waals surface area contributed by atoms with E-state index in [4.69, 9.17) is 16.3 Å². The van der Waals surface area contributed by atoms with Gasteiger partial charge >= 0.3 is 0 Å². The van der Waals surface area contributed by atoms with Gasteiger partial charge in [0.2, 0.25) is 0 Å². The molecule has 2 aromatic rings. The fourth-order valence-corrected chi connectivity index (χ4v) is 1.70. The van der Waals surface area contributed by atoms with Crippen molar-refractivity contribution in [2.24, 2.45) is 0 Å². The average molecular weight is 224 g/mol. The lowest BCUT2D eigenvalue weighted by atomic mass is 10.2. The Kier molecular flexibility index (Phi) is 2.98. The number of H-pyrrole nitrogens is 1. The van der Waals surface area contributed by atoms with E-state index in [1.54, 1.807) is 0 Å². The van der Waals surface area contributed by atoms with Crippen LogP contribution in [-0.4, -0.2) is 11.1 Å². The zero-order valence-electron chi connectivity index (χ0n) is 8.88. The first-order valence-electron chi connectivity index (χ1n) is 5.04. The van der Waals surface area contributed by atoms with Crippen LogP contribution < -0.4 is 0 Å². The maximum atomic E-state index is 5.96. The summed E-state index contributed by atoms with van der Waals surface area (Å²) in [6.45, 7) is 4.68. The maximum absolute atomic E-state index is 5.96. The van der Waals surface area contributed by atoms with Gasteiger partial charge in [-0.05, 0) is 32.0 Å². The predicted molar refractivity (Wildman–Crippen MR) is 63.2 cm³/mol. The molecule has 2 nitrogen and oxygen atoms in total. The molecule has 1 heterocycles. The third-order valence-corrected chi connectivity index (χ3v) is 2.54. The van der Waals surface area contributed by atoms with Gasteiger partial charge in [0.25, 0.3) is 0 Å². The first-order valence-corrected chi connectivity index (χ1v) is 5.41. The van der Waals surface area contributed by atoms with Crippen molar-refractivity contribution in [3.8, 4) is 0 Å². The minimum absolute atomic E-state index is 0.245. The molecule has 0 radical (unpaired) electrons. The van der Waals surface area contributed by atoms with Gasteiger partial charge in [0.15, 0.2) is 0 Å². The van der Waals surface area contributed by atoms with Crippen LogP contribution in [0.4, 0.5) is 0 Å². The van der Waals surface area contributed by atoms with Crippen molar-refractivity contribution >= 4 is 22.5 Å². The number of hydrogen-bond acceptors (Lipinski definition) is 1. The third-order valence-electron chi connectivity index (χ3n) is 2.30. The second-order valence-electron chi connectivity index (χ2n) is 3.86. The van der Waals surface area contributed by atoms with Gasteiger partial charge in [-0.1, -0.05) is 11.6 Å². The average Bonchev–Trinajstić information content (AvgIpc) is 2.57. The second-order valence-corrected chi connectivity index (χ2v) is 4.30. The van der Waals surface area contributed by atoms with E-state index in [-0.39, 0.29) is 6.10 Å². The zero-order chi connectivity index (χ0) is 10.8. The SMILES string of the molecule is CC(C)OCc1c[nH]c2ccc(Cl)cc12. The van der Waals surface area contributed by atoms with E-state index in [2.05, 4.69) is 4.98 Å². The summed E-state index contributed by atoms with van der Waals surface area (Å²) in [6.07, 6.45) is 2.22. The molecule has 80 valence electrons. The van der Waals surface area contributed by atoms with E-state index in [1.165, 1.54) is 0 Å². The molecule has 0 aliphatic rings. The fourth-order valence-electron chi connectivity index (χ4n) is 1.53. The van der Waals surface area contributed by atoms with Gasteiger partial charge in [0.05, 0.1) is 12.7 Å². The van der Waals surface area contributed by atoms with Gasteiger partial charge in [-0.3, -0.25) is 0 Å². The molecule has 1 aromatic heterocycles. The van der Waals surface area contributed by atoms with E-state index < -0.39 is 0 Å². The van der Waals surface area contributed by atoms with Crippen LogP contribution in [0.2, 0.25) is 5.02 Å². The van der Waals surface area contributed by atoms with Gasteiger partial charge in [0.1, 0.15) is 0 Å². The Labute approximate surface area is 94.2 Å². The van der Waals surface area contributed by atoms with Gasteiger partial charge in [-0.25, -0.2) is 0 Å². The molecule has 0 saturated carbocycles. The number of aromatic nitrogens is 1. The van der Waals surface area contributed by atoms with Crippen LogP contribution in [0.5, 0.6) is 0 Å². The lowest BCUT2D eigenvalue weighted by Gasteiger charge is -2.06. The second kappa shape index (κ2) is 4.25. The minimum atomic E-state index is 0.245. The molecule has 0 fully saturated rings. The van der Waals surface area contributed by atoms with Crippen molar-refractivity contribution in [1.29, 1.82) is 0 Å². The van der Waals surface area contributed by atoms with Crippen molar-refractivity contribution in [1.82, 2.24) is 4.98 Å². The number of hydrogen-bond donors (Lipinski definition) is 1. The van der Waals surface area contributed by atoms with E-state index in [0.29, 0.717) is 6.61 Å². The summed E-state index contributed by atoms with van der Waals surface area (Å²) < 4.78 is 5.57. The summed E-state index contributed by atoms with van der Waals surface area (Å²) in [6, 6.07) is 5.83. The summed E-state index contributed by atoms with van der Waals surface area (Å²) in [5.41, 5.74) is 2.25. The van der Waals surface area contributed by atoms with E-state index in [1.807, 2.05) is 38.2 Å². The van der Waals surface area contributed by atoms with Crippen molar-refractivity contribution in [3.05, 3.63) is 35.0 Å². The Bertz CT molecular complexity index is 462. The maximum Gasteiger partial charge on any atom is 0.0741 e. The topological polar surface area (TPSA) is 25.0 Å². The summed E-state index contributed by atoms with van der Waals surface area (Å²) in [7, 11) is 0. The highest BCUT2D eigenvalue weighted by Crippen LogP contribution is 2.23. The molecule has 1 aromatic carbocycles. The Morgan fingerprint density at radius 2 is 2.20 bits per heavy atom. The Hall–Kier alpha value is -0.990. The van der Waals surface area contributed by atoms with Crippen molar-refractivity contribution < 1.29 is 4.74 Å². The molecule has 0 bridgehead atoms. The Morgan fingerprint density at radius 1 is 1.40 bits per heavy atom. The molecule has 0 atom stereocenters. The van der Waals surface area contributed by atoms with Gasteiger partial charge < -0.3 is 9.72 Å². The monoisotopic (exact) mass is 223 g/mol. The predicted octanol–water partition coefficient (Wildman–Crippen LogP) is 3.75. The van der Waals surface area contributed by atoms with E-state index in [9.17, 15) is 0 Å². The zero-order valence-corrected chi connectivity index (χ0v) is 9.64. The molecule has 1 N–H and O–H groups in total. The van der Waals surface area contributed by atoms with Gasteiger partial charge in [0, 0.05) is 27.7 Å². The number of nitrogens with one attached hydrogen (secondary N) is 1. The third kappa shape index (κ3) is 2.33. The lowest BCUT2D eigenvalue weighted by Crippen LogP contribution is -2.01. The molecule has 15 heavy (non-hydrogen) atoms. The number of fused-ring (bicyclic) bond motifs is 1. The number of ether oxygens (including phenoxy) is 1. The van der Waals surface area contributed by atoms with Crippen molar-refractivity contribution in [3.63, 3.8) is 0 Å². The summed E-state index contributed by atoms with van der Waals surface area (Å²) in [4.78, 5) is 3.20. The van der Waals surface area contributed by atoms with Crippen LogP contribution in [0.15, 0.2) is 24.4 Å². The molecule has 0 amide bonds. The highest BCUT2D eigenvalue weighted by atomic mass is 35.5. The summed E-state index contributed by atoms with van der Waals surface area (Å²) in [5.74, 6) is 0. The normalized spacial score (nSPS) is 11.5. The van der Waals surface area contributed by atoms with Gasteiger partial charge in [-0.15, -0.1) is 0 Å². The number of rotatable bonds is 3. The standard InChI is InChI=1S/C12H14ClNO/c1-8(2)15-7-9-6-14-12-4-3-10(13)5-11(9)12/h3-6,8,14H,7H2,1-2H3. The first-order chi connectivity index (χ1) is 7.16. The number of aromatic amines is 1. The molecule has 0 saturated heterocycles. The summed E-state index contributed by atoms with van der Waals surface area (Å²) in [5, 5.41) is 1.90. The smallest absolute Gasteiger partial charge is 0.0741 e. The molecular weight excluding hydrogens is 210 g/mol. The molecule has 0 spiro atoms. The first kappa shape index (κ1) is 10.5. The van der Waals surface area contributed by atoms with Crippen molar-refractivity contribution in [2.75, 3.05) is 0 Å². The van der Waals surface area contributed by atoms with Crippen LogP contribution in [0, 0.1) is 0 Å².